The number of halogens is 3. The molecule has 3 aromatic rings. The largest absolute Gasteiger partial charge is 0.761 e. The second-order valence-electron chi connectivity index (χ2n) is 8.23. The summed E-state index contributed by atoms with van der Waals surface area (Å²) >= 11 is 0. The number of amides is 1. The van der Waals surface area contributed by atoms with Gasteiger partial charge in [-0.15, -0.1) is 0 Å². The molecular weight excluding hydrogens is 441 g/mol. The molecule has 0 saturated heterocycles. The van der Waals surface area contributed by atoms with Crippen LogP contribution in [0.4, 0.5) is 18.9 Å². The number of H-pyrrole nitrogens is 1. The Labute approximate surface area is 186 Å². The Morgan fingerprint density at radius 2 is 1.79 bits per heavy atom. The third-order valence-corrected chi connectivity index (χ3v) is 4.69. The zero-order chi connectivity index (χ0) is 24.4. The molecule has 1 amide bonds. The van der Waals surface area contributed by atoms with E-state index in [0.717, 1.165) is 18.2 Å². The first-order chi connectivity index (χ1) is 15.4. The van der Waals surface area contributed by atoms with Crippen LogP contribution >= 0.6 is 0 Å². The lowest BCUT2D eigenvalue weighted by Crippen LogP contribution is -2.37. The van der Waals surface area contributed by atoms with Gasteiger partial charge in [0.25, 0.3) is 11.5 Å². The molecule has 0 bridgehead atoms. The molecule has 3 N–H and O–H groups in total. The lowest BCUT2D eigenvalue weighted by Gasteiger charge is -2.33. The molecule has 1 unspecified atom stereocenters. The van der Waals surface area contributed by atoms with Crippen molar-refractivity contribution in [3.8, 4) is 11.6 Å². The van der Waals surface area contributed by atoms with E-state index in [9.17, 15) is 28.0 Å². The predicted molar refractivity (Wildman–Crippen MR) is 114 cm³/mol. The fraction of sp³-hybridized carbons (Fsp3) is 0.286. The minimum absolute atomic E-state index is 0.0204. The number of hydrogen-bond donors (Lipinski definition) is 3. The molecule has 2 heterocycles. The van der Waals surface area contributed by atoms with Crippen LogP contribution in [0.15, 0.2) is 47.5 Å². The normalized spacial score (nSPS) is 12.8. The molecule has 0 radical (unpaired) electrons. The fourth-order valence-corrected chi connectivity index (χ4v) is 3.18. The minimum Gasteiger partial charge on any atom is -0.761 e. The zero-order valence-electron chi connectivity index (χ0n) is 17.8. The first-order valence-corrected chi connectivity index (χ1v) is 9.69. The summed E-state index contributed by atoms with van der Waals surface area (Å²) in [6, 6.07) is 4.74. The van der Waals surface area contributed by atoms with Crippen LogP contribution in [0.2, 0.25) is 0 Å². The Balaban J connectivity index is 1.98. The number of aromatic amines is 1. The van der Waals surface area contributed by atoms with Gasteiger partial charge in [0.05, 0.1) is 11.6 Å². The summed E-state index contributed by atoms with van der Waals surface area (Å²) in [5.74, 6) is -0.659. The second kappa shape index (κ2) is 8.98. The highest BCUT2D eigenvalue weighted by molar-refractivity contribution is 5.92. The van der Waals surface area contributed by atoms with E-state index < -0.39 is 40.4 Å². The molecule has 33 heavy (non-hydrogen) atoms. The molecule has 0 spiro atoms. The molecule has 2 aromatic heterocycles. The Kier molecular flexibility index (Phi) is 6.49. The standard InChI is InChI=1S/C21H20F3N6O3/c1-20(2,3)16(11-5-6-12(21(22,23)24)13(9-11)30-33)29-19(32)14-10-15(31)28-18(27-14)17-25-7-4-8-26-17/h4-10,16,30H,1-3H3,(H,29,32)(H,27,28,31)/q-1. The zero-order valence-corrected chi connectivity index (χ0v) is 17.8. The lowest BCUT2D eigenvalue weighted by atomic mass is 9.81. The van der Waals surface area contributed by atoms with E-state index in [4.69, 9.17) is 0 Å². The maximum Gasteiger partial charge on any atom is 0.418 e. The van der Waals surface area contributed by atoms with E-state index in [2.05, 4.69) is 25.3 Å². The molecule has 1 atom stereocenters. The van der Waals surface area contributed by atoms with E-state index >= 15 is 0 Å². The number of rotatable bonds is 5. The quantitative estimate of drug-likeness (QED) is 0.493. The number of anilines is 1. The third-order valence-electron chi connectivity index (χ3n) is 4.69. The molecule has 0 saturated carbocycles. The molecule has 0 aliphatic carbocycles. The van der Waals surface area contributed by atoms with Gasteiger partial charge in [-0.1, -0.05) is 26.8 Å². The first-order valence-electron chi connectivity index (χ1n) is 9.69. The van der Waals surface area contributed by atoms with E-state index in [0.29, 0.717) is 0 Å². The van der Waals surface area contributed by atoms with Crippen LogP contribution in [0.5, 0.6) is 0 Å². The van der Waals surface area contributed by atoms with E-state index in [1.165, 1.54) is 23.9 Å². The molecule has 12 heteroatoms. The van der Waals surface area contributed by atoms with Crippen molar-refractivity contribution in [3.63, 3.8) is 0 Å². The molecule has 0 fully saturated rings. The van der Waals surface area contributed by atoms with Gasteiger partial charge in [-0.3, -0.25) is 9.59 Å². The molecule has 0 aliphatic heterocycles. The van der Waals surface area contributed by atoms with Crippen LogP contribution in [-0.4, -0.2) is 25.8 Å². The molecule has 3 rings (SSSR count). The van der Waals surface area contributed by atoms with E-state index in [1.807, 2.05) is 0 Å². The number of carbonyl (C=O) groups is 1. The highest BCUT2D eigenvalue weighted by Gasteiger charge is 2.35. The monoisotopic (exact) mass is 461 g/mol. The SMILES string of the molecule is CC(C)(C)C(NC(=O)c1cc(=O)[nH]c(-c2ncccn2)n1)c1ccc(C(F)(F)F)c(N[O-])c1. The Morgan fingerprint density at radius 3 is 2.36 bits per heavy atom. The minimum atomic E-state index is -4.73. The Bertz CT molecular complexity index is 1210. The number of alkyl halides is 3. The van der Waals surface area contributed by atoms with Gasteiger partial charge in [-0.2, -0.15) is 13.2 Å². The fourth-order valence-electron chi connectivity index (χ4n) is 3.18. The average molecular weight is 461 g/mol. The van der Waals surface area contributed by atoms with Crippen LogP contribution in [-0.2, 0) is 6.18 Å². The van der Waals surface area contributed by atoms with Crippen molar-refractivity contribution < 1.29 is 18.0 Å². The first kappa shape index (κ1) is 23.9. The van der Waals surface area contributed by atoms with Gasteiger partial charge >= 0.3 is 6.18 Å². The van der Waals surface area contributed by atoms with Gasteiger partial charge in [0, 0.05) is 24.1 Å². The number of benzene rings is 1. The van der Waals surface area contributed by atoms with Gasteiger partial charge in [-0.25, -0.2) is 15.0 Å². The smallest absolute Gasteiger partial charge is 0.418 e. The van der Waals surface area contributed by atoms with E-state index in [-0.39, 0.29) is 22.9 Å². The van der Waals surface area contributed by atoms with E-state index in [1.54, 1.807) is 26.8 Å². The van der Waals surface area contributed by atoms with Gasteiger partial charge in [0.1, 0.15) is 5.69 Å². The van der Waals surface area contributed by atoms with Crippen molar-refractivity contribution in [2.24, 2.45) is 5.41 Å². The van der Waals surface area contributed by atoms with Crippen LogP contribution < -0.4 is 16.4 Å². The summed E-state index contributed by atoms with van der Waals surface area (Å²) < 4.78 is 39.4. The van der Waals surface area contributed by atoms with Crippen LogP contribution in [0.1, 0.15) is 48.4 Å². The van der Waals surface area contributed by atoms with Gasteiger partial charge in [0.15, 0.2) is 11.6 Å². The number of carbonyl (C=O) groups excluding carboxylic acids is 1. The van der Waals surface area contributed by atoms with Crippen molar-refractivity contribution in [1.29, 1.82) is 0 Å². The topological polar surface area (TPSA) is 136 Å². The van der Waals surface area contributed by atoms with Crippen LogP contribution in [0.25, 0.3) is 11.6 Å². The van der Waals surface area contributed by atoms with Crippen molar-refractivity contribution in [2.75, 3.05) is 5.48 Å². The second-order valence-corrected chi connectivity index (χ2v) is 8.23. The maximum atomic E-state index is 13.1. The number of hydrogen-bond acceptors (Lipinski definition) is 7. The molecule has 9 nitrogen and oxygen atoms in total. The highest BCUT2D eigenvalue weighted by Crippen LogP contribution is 2.39. The van der Waals surface area contributed by atoms with Crippen molar-refractivity contribution in [2.45, 2.75) is 33.0 Å². The lowest BCUT2D eigenvalue weighted by molar-refractivity contribution is -0.136. The number of nitrogens with zero attached hydrogens (tertiary/aromatic N) is 3. The summed E-state index contributed by atoms with van der Waals surface area (Å²) in [6.07, 6.45) is -1.84. The summed E-state index contributed by atoms with van der Waals surface area (Å²) in [5.41, 5.74) is -1.74. The summed E-state index contributed by atoms with van der Waals surface area (Å²) in [4.78, 5) is 39.6. The van der Waals surface area contributed by atoms with Gasteiger partial charge < -0.3 is 21.0 Å². The summed E-state index contributed by atoms with van der Waals surface area (Å²) in [6.45, 7) is 5.27. The summed E-state index contributed by atoms with van der Waals surface area (Å²) in [5, 5.41) is 13.9. The van der Waals surface area contributed by atoms with Gasteiger partial charge in [-0.05, 0) is 29.2 Å². The van der Waals surface area contributed by atoms with Gasteiger partial charge in [0.2, 0.25) is 0 Å². The predicted octanol–water partition coefficient (Wildman–Crippen LogP) is 3.67. The van der Waals surface area contributed by atoms with Crippen LogP contribution in [0, 0.1) is 10.6 Å². The number of nitrogens with one attached hydrogen (secondary N) is 3. The molecule has 174 valence electrons. The maximum absolute atomic E-state index is 13.1. The molecular formula is C21H20F3N6O3-. The third kappa shape index (κ3) is 5.52. The molecule has 1 aromatic carbocycles. The Hall–Kier alpha value is -3.80. The average Bonchev–Trinajstić information content (AvgIpc) is 2.75. The Morgan fingerprint density at radius 1 is 1.12 bits per heavy atom. The van der Waals surface area contributed by atoms with Crippen molar-refractivity contribution >= 4 is 11.6 Å². The molecule has 0 aliphatic rings. The number of aromatic nitrogens is 4. The van der Waals surface area contributed by atoms with Crippen LogP contribution in [0.3, 0.4) is 0 Å². The summed E-state index contributed by atoms with van der Waals surface area (Å²) in [7, 11) is 0. The van der Waals surface area contributed by atoms with Crippen molar-refractivity contribution in [3.05, 3.63) is 75.1 Å². The highest BCUT2D eigenvalue weighted by atomic mass is 19.4. The van der Waals surface area contributed by atoms with Crippen molar-refractivity contribution in [1.82, 2.24) is 25.3 Å².